The van der Waals surface area contributed by atoms with E-state index in [-0.39, 0.29) is 17.0 Å². The average molecular weight is 328 g/mol. The third-order valence-electron chi connectivity index (χ3n) is 2.32. The summed E-state index contributed by atoms with van der Waals surface area (Å²) in [4.78, 5) is 11.8. The number of hydrogen-bond donors (Lipinski definition) is 2. The Hall–Kier alpha value is -1.95. The predicted octanol–water partition coefficient (Wildman–Crippen LogP) is 3.69. The number of phenols is 1. The Kier molecular flexibility index (Phi) is 3.80. The monoisotopic (exact) mass is 327 g/mol. The average Bonchev–Trinajstić information content (AvgIpc) is 2.26. The summed E-state index contributed by atoms with van der Waals surface area (Å²) in [6.45, 7) is 0. The molecule has 2 aromatic rings. The summed E-state index contributed by atoms with van der Waals surface area (Å²) in [6, 6.07) is 6.98. The van der Waals surface area contributed by atoms with Gasteiger partial charge in [0.05, 0.1) is 5.56 Å². The van der Waals surface area contributed by atoms with Crippen LogP contribution in [0.15, 0.2) is 40.9 Å². The van der Waals surface area contributed by atoms with Crippen LogP contribution < -0.4 is 5.32 Å². The first-order valence-electron chi connectivity index (χ1n) is 5.21. The molecule has 0 aliphatic carbocycles. The molecule has 0 heterocycles. The molecule has 0 atom stereocenters. The fraction of sp³-hybridized carbons (Fsp3) is 0. The van der Waals surface area contributed by atoms with Crippen LogP contribution in [0.3, 0.4) is 0 Å². The first-order chi connectivity index (χ1) is 8.95. The second-order valence-electron chi connectivity index (χ2n) is 3.77. The molecular formula is C13H8BrF2NO2. The van der Waals surface area contributed by atoms with Crippen LogP contribution in [0.2, 0.25) is 0 Å². The lowest BCUT2D eigenvalue weighted by Gasteiger charge is -2.07. The molecule has 0 bridgehead atoms. The standard InChI is InChI=1S/C13H8BrF2NO2/c14-7-1-2-11(12(18)3-7)13(19)17-10-5-8(15)4-9(16)6-10/h1-6,18H,(H,17,19). The van der Waals surface area contributed by atoms with Crippen LogP contribution in [0.25, 0.3) is 0 Å². The summed E-state index contributed by atoms with van der Waals surface area (Å²) in [5.74, 6) is -2.48. The fourth-order valence-corrected chi connectivity index (χ4v) is 1.87. The van der Waals surface area contributed by atoms with Crippen LogP contribution in [0.4, 0.5) is 14.5 Å². The molecule has 0 spiro atoms. The van der Waals surface area contributed by atoms with Gasteiger partial charge < -0.3 is 10.4 Å². The minimum absolute atomic E-state index is 0.00729. The molecular weight excluding hydrogens is 320 g/mol. The zero-order valence-electron chi connectivity index (χ0n) is 9.45. The molecule has 98 valence electrons. The van der Waals surface area contributed by atoms with Gasteiger partial charge in [-0.1, -0.05) is 15.9 Å². The number of hydrogen-bond acceptors (Lipinski definition) is 2. The topological polar surface area (TPSA) is 49.3 Å². The van der Waals surface area contributed by atoms with Gasteiger partial charge in [0.1, 0.15) is 17.4 Å². The quantitative estimate of drug-likeness (QED) is 0.883. The zero-order valence-corrected chi connectivity index (χ0v) is 11.0. The molecule has 0 aromatic heterocycles. The first-order valence-corrected chi connectivity index (χ1v) is 6.01. The molecule has 0 fully saturated rings. The minimum Gasteiger partial charge on any atom is -0.507 e. The molecule has 0 unspecified atom stereocenters. The van der Waals surface area contributed by atoms with E-state index < -0.39 is 17.5 Å². The largest absolute Gasteiger partial charge is 0.507 e. The van der Waals surface area contributed by atoms with Crippen LogP contribution in [-0.4, -0.2) is 11.0 Å². The number of phenolic OH excluding ortho intramolecular Hbond substituents is 1. The molecule has 3 nitrogen and oxygen atoms in total. The van der Waals surface area contributed by atoms with E-state index >= 15 is 0 Å². The van der Waals surface area contributed by atoms with E-state index in [4.69, 9.17) is 0 Å². The molecule has 19 heavy (non-hydrogen) atoms. The van der Waals surface area contributed by atoms with Gasteiger partial charge in [-0.2, -0.15) is 0 Å². The summed E-state index contributed by atoms with van der Waals surface area (Å²) in [7, 11) is 0. The normalized spacial score (nSPS) is 10.3. The number of benzene rings is 2. The van der Waals surface area contributed by atoms with E-state index in [0.717, 1.165) is 12.1 Å². The van der Waals surface area contributed by atoms with Gasteiger partial charge in [0.15, 0.2) is 0 Å². The Labute approximate surface area is 116 Å². The summed E-state index contributed by atoms with van der Waals surface area (Å²) in [5.41, 5.74) is -0.0160. The molecule has 0 saturated carbocycles. The van der Waals surface area contributed by atoms with Gasteiger partial charge in [-0.3, -0.25) is 4.79 Å². The maximum absolute atomic E-state index is 13.0. The van der Waals surface area contributed by atoms with Gasteiger partial charge in [-0.15, -0.1) is 0 Å². The molecule has 2 rings (SSSR count). The fourth-order valence-electron chi connectivity index (χ4n) is 1.52. The predicted molar refractivity (Wildman–Crippen MR) is 70.1 cm³/mol. The van der Waals surface area contributed by atoms with Crippen molar-refractivity contribution >= 4 is 27.5 Å². The highest BCUT2D eigenvalue weighted by Crippen LogP contribution is 2.23. The highest BCUT2D eigenvalue weighted by atomic mass is 79.9. The number of carbonyl (C=O) groups excluding carboxylic acids is 1. The van der Waals surface area contributed by atoms with Crippen LogP contribution >= 0.6 is 15.9 Å². The van der Waals surface area contributed by atoms with E-state index in [1.54, 1.807) is 6.07 Å². The third kappa shape index (κ3) is 3.29. The second kappa shape index (κ2) is 5.36. The number of amides is 1. The summed E-state index contributed by atoms with van der Waals surface area (Å²) in [6.07, 6.45) is 0. The van der Waals surface area contributed by atoms with E-state index in [1.807, 2.05) is 0 Å². The summed E-state index contributed by atoms with van der Waals surface area (Å²) in [5, 5.41) is 11.9. The second-order valence-corrected chi connectivity index (χ2v) is 4.69. The van der Waals surface area contributed by atoms with Crippen LogP contribution in [0.1, 0.15) is 10.4 Å². The minimum atomic E-state index is -0.796. The van der Waals surface area contributed by atoms with Gasteiger partial charge >= 0.3 is 0 Å². The van der Waals surface area contributed by atoms with Crippen LogP contribution in [0.5, 0.6) is 5.75 Å². The maximum Gasteiger partial charge on any atom is 0.259 e. The van der Waals surface area contributed by atoms with Gasteiger partial charge in [-0.05, 0) is 30.3 Å². The summed E-state index contributed by atoms with van der Waals surface area (Å²) < 4.78 is 26.5. The SMILES string of the molecule is O=C(Nc1cc(F)cc(F)c1)c1ccc(Br)cc1O. The molecule has 2 N–H and O–H groups in total. The lowest BCUT2D eigenvalue weighted by Crippen LogP contribution is -2.12. The van der Waals surface area contributed by atoms with Gasteiger partial charge in [0.2, 0.25) is 0 Å². The number of halogens is 3. The highest BCUT2D eigenvalue weighted by molar-refractivity contribution is 9.10. The van der Waals surface area contributed by atoms with Gasteiger partial charge in [0, 0.05) is 16.2 Å². The first kappa shape index (κ1) is 13.5. The third-order valence-corrected chi connectivity index (χ3v) is 2.82. The molecule has 0 aliphatic rings. The molecule has 6 heteroatoms. The van der Waals surface area contributed by atoms with Gasteiger partial charge in [0.25, 0.3) is 5.91 Å². The smallest absolute Gasteiger partial charge is 0.259 e. The zero-order chi connectivity index (χ0) is 14.0. The van der Waals surface area contributed by atoms with Crippen LogP contribution in [0, 0.1) is 11.6 Å². The number of aromatic hydroxyl groups is 1. The maximum atomic E-state index is 13.0. The Balaban J connectivity index is 2.25. The van der Waals surface area contributed by atoms with Crippen molar-refractivity contribution < 1.29 is 18.7 Å². The number of carbonyl (C=O) groups is 1. The highest BCUT2D eigenvalue weighted by Gasteiger charge is 2.12. The Morgan fingerprint density at radius 1 is 1.11 bits per heavy atom. The van der Waals surface area contributed by atoms with E-state index in [1.165, 1.54) is 12.1 Å². The Bertz CT molecular complexity index is 626. The lowest BCUT2D eigenvalue weighted by molar-refractivity contribution is 0.102. The van der Waals surface area contributed by atoms with E-state index in [2.05, 4.69) is 21.2 Å². The molecule has 1 amide bonds. The van der Waals surface area contributed by atoms with Crippen molar-refractivity contribution in [2.75, 3.05) is 5.32 Å². The van der Waals surface area contributed by atoms with Crippen molar-refractivity contribution in [1.82, 2.24) is 0 Å². The number of nitrogens with one attached hydrogen (secondary N) is 1. The van der Waals surface area contributed by atoms with Crippen molar-refractivity contribution in [3.63, 3.8) is 0 Å². The number of rotatable bonds is 2. The van der Waals surface area contributed by atoms with Crippen molar-refractivity contribution in [3.8, 4) is 5.75 Å². The Morgan fingerprint density at radius 3 is 2.32 bits per heavy atom. The number of anilines is 1. The molecule has 0 radical (unpaired) electrons. The van der Waals surface area contributed by atoms with Crippen molar-refractivity contribution in [3.05, 3.63) is 58.1 Å². The molecule has 2 aromatic carbocycles. The molecule has 0 aliphatic heterocycles. The van der Waals surface area contributed by atoms with Gasteiger partial charge in [-0.25, -0.2) is 8.78 Å². The van der Waals surface area contributed by atoms with Crippen molar-refractivity contribution in [2.45, 2.75) is 0 Å². The summed E-state index contributed by atoms with van der Waals surface area (Å²) >= 11 is 3.14. The van der Waals surface area contributed by atoms with E-state index in [0.29, 0.717) is 10.5 Å². The van der Waals surface area contributed by atoms with E-state index in [9.17, 15) is 18.7 Å². The Morgan fingerprint density at radius 2 is 1.74 bits per heavy atom. The molecule has 0 saturated heterocycles. The lowest BCUT2D eigenvalue weighted by atomic mass is 10.2. The van der Waals surface area contributed by atoms with Crippen molar-refractivity contribution in [2.24, 2.45) is 0 Å². The van der Waals surface area contributed by atoms with Crippen LogP contribution in [-0.2, 0) is 0 Å². The van der Waals surface area contributed by atoms with Crippen molar-refractivity contribution in [1.29, 1.82) is 0 Å².